The van der Waals surface area contributed by atoms with E-state index in [-0.39, 0.29) is 68.3 Å². The van der Waals surface area contributed by atoms with Crippen LogP contribution in [0.5, 0.6) is 80.5 Å². The maximum Gasteiger partial charge on any atom is 0.256 e. The highest BCUT2D eigenvalue weighted by Crippen LogP contribution is 2.39. The van der Waals surface area contributed by atoms with Crippen LogP contribution in [-0.2, 0) is 84.9 Å². The van der Waals surface area contributed by atoms with Gasteiger partial charge in [-0.25, -0.2) is 67.3 Å². The zero-order valence-electron chi connectivity index (χ0n) is 63.7. The molecule has 9 rings (SSSR count). The summed E-state index contributed by atoms with van der Waals surface area (Å²) >= 11 is 0. The van der Waals surface area contributed by atoms with Gasteiger partial charge in [-0.3, -0.25) is 4.90 Å². The van der Waals surface area contributed by atoms with Crippen LogP contribution < -0.4 is 0 Å². The first-order valence-electron chi connectivity index (χ1n) is 35.9. The van der Waals surface area contributed by atoms with Crippen LogP contribution in [0, 0.1) is 0 Å². The van der Waals surface area contributed by atoms with Crippen molar-refractivity contribution in [2.24, 2.45) is 0 Å². The lowest BCUT2D eigenvalue weighted by Crippen LogP contribution is -2.45. The lowest BCUT2D eigenvalue weighted by atomic mass is 10.1. The highest BCUT2D eigenvalue weighted by Gasteiger charge is 2.42. The number of sulfonamides is 8. The second-order valence-electron chi connectivity index (χ2n) is 25.9. The van der Waals surface area contributed by atoms with E-state index in [4.69, 9.17) is 4.74 Å². The Morgan fingerprint density at radius 3 is 0.686 bits per heavy atom. The van der Waals surface area contributed by atoms with Crippen LogP contribution in [0.25, 0.3) is 0 Å². The molecule has 652 valence electrons. The van der Waals surface area contributed by atoms with Gasteiger partial charge in [0.15, 0.2) is 80.5 Å². The molecule has 0 radical (unpaired) electrons. The number of ether oxygens (including phenoxy) is 1. The fourth-order valence-corrected chi connectivity index (χ4v) is 25.8. The summed E-state index contributed by atoms with van der Waals surface area (Å²) in [7, 11) is -36.7. The van der Waals surface area contributed by atoms with E-state index in [2.05, 4.69) is 6.92 Å². The van der Waals surface area contributed by atoms with Gasteiger partial charge >= 0.3 is 0 Å². The monoisotopic (exact) mass is 1870 g/mol. The molecule has 1 fully saturated rings. The Bertz CT molecular complexity index is 5470. The summed E-state index contributed by atoms with van der Waals surface area (Å²) in [6.07, 6.45) is 9.21. The normalized spacial score (nSPS) is 13.2. The lowest BCUT2D eigenvalue weighted by Gasteiger charge is -2.29. The van der Waals surface area contributed by atoms with E-state index >= 15 is 0 Å². The fraction of sp³-hybridized carbons (Fsp3) is 0.342. The van der Waals surface area contributed by atoms with Gasteiger partial charge in [-0.1, -0.05) is 118 Å². The Balaban J connectivity index is 0.000000280. The molecule has 0 spiro atoms. The van der Waals surface area contributed by atoms with Crippen LogP contribution in [0.3, 0.4) is 0 Å². The van der Waals surface area contributed by atoms with Crippen LogP contribution in [0.4, 0.5) is 0 Å². The fourth-order valence-electron chi connectivity index (χ4n) is 10.9. The molecule has 14 N–H and O–H groups in total. The van der Waals surface area contributed by atoms with Gasteiger partial charge in [0.05, 0.1) is 52.4 Å². The van der Waals surface area contributed by atoms with Crippen molar-refractivity contribution < 1.29 is 144 Å². The van der Waals surface area contributed by atoms with Crippen molar-refractivity contribution in [1.82, 2.24) is 19.7 Å². The first-order valence-corrected chi connectivity index (χ1v) is 47.4. The number of halogens is 1. The summed E-state index contributed by atoms with van der Waals surface area (Å²) in [5.41, 5.74) is 0. The molecule has 1 aliphatic rings. The maximum absolute atomic E-state index is 13.2. The molecule has 36 nitrogen and oxygen atoms in total. The number of unbranched alkanes of at least 4 members (excludes halogenated alkanes) is 10. The topological polar surface area (TPSA) is 582 Å². The van der Waals surface area contributed by atoms with E-state index in [1.165, 1.54) is 24.3 Å². The van der Waals surface area contributed by atoms with Crippen LogP contribution in [0.2, 0.25) is 0 Å². The Morgan fingerprint density at radius 1 is 0.254 bits per heavy atom. The molecule has 45 heteroatoms. The van der Waals surface area contributed by atoms with E-state index in [0.29, 0.717) is 65.8 Å². The molecule has 0 amide bonds. The number of aromatic hydroxyl groups is 14. The summed E-state index contributed by atoms with van der Waals surface area (Å²) in [5.74, 6) is -8.77. The van der Waals surface area contributed by atoms with Crippen molar-refractivity contribution in [2.75, 3.05) is 59.0 Å². The van der Waals surface area contributed by atoms with E-state index in [0.717, 1.165) is 166 Å². The lowest BCUT2D eigenvalue weighted by molar-refractivity contribution is 0.0377. The van der Waals surface area contributed by atoms with E-state index < -0.39 is 201 Å². The number of rotatable bonds is 35. The Morgan fingerprint density at radius 2 is 0.449 bits per heavy atom. The van der Waals surface area contributed by atoms with Crippen molar-refractivity contribution in [2.45, 2.75) is 143 Å². The molecular formula is C73H94BrN5O31S8. The number of hydrogen-bond donors (Lipinski definition) is 14. The number of phenols is 14. The van der Waals surface area contributed by atoms with Crippen molar-refractivity contribution in [1.29, 1.82) is 0 Å². The van der Waals surface area contributed by atoms with Gasteiger partial charge < -0.3 is 76.2 Å². The Kier molecular flexibility index (Phi) is 36.3. The average Bonchev–Trinajstić information content (AvgIpc) is 0.775. The first kappa shape index (κ1) is 99.4. The highest BCUT2D eigenvalue weighted by atomic mass is 79.9. The second-order valence-corrected chi connectivity index (χ2v) is 41.7. The highest BCUT2D eigenvalue weighted by molar-refractivity contribution is 8.93. The van der Waals surface area contributed by atoms with Gasteiger partial charge in [0.1, 0.15) is 0 Å². The predicted molar refractivity (Wildman–Crippen MR) is 434 cm³/mol. The molecule has 118 heavy (non-hydrogen) atoms. The van der Waals surface area contributed by atoms with Gasteiger partial charge in [-0.15, -0.1) is 17.0 Å². The average molecular weight is 1870 g/mol. The minimum absolute atomic E-state index is 0. The molecule has 0 bridgehead atoms. The van der Waals surface area contributed by atoms with Crippen LogP contribution in [0.15, 0.2) is 197 Å². The predicted octanol–water partition coefficient (Wildman–Crippen LogP) is 9.18. The largest absolute Gasteiger partial charge is 0.504 e. The standard InChI is InChI=1S/C20H27NO6S2.C18H22N2O9S2.C18H23NO8S2.C17H21NO8S2.BrH/c1-2-3-4-5-6-10-15-21(28(24,25)17-11-8-7-9-12-17)29(26,27)18-13-14-19(22)20(23)16-18;21-15-3-1-13(11-17(15)23)30(25,26)20(6-5-19-7-9-29-10-8-19)31(27,28)14-2-4-16(22)18(24)12-14;1-2-3-4-5-10-19(28(24,25)13-6-8-15(20)17(22)11-13)29(26,27)14-7-9-16(21)18(23)12-14;1-2-3-4-9-18(27(23,24)12-5-7-14(19)16(21)10-12)28(25,26)13-6-8-15(20)17(22)11-13;/h7-9,11-14,16,22-23H,2-6,10,15H2,1H3;1-4,11-12,21-24H,5-10H2;6-9,11-12,20-23H,2-5,10H2,1H3;5-8,10-11,19-22H,2-4,9H2,1H3;1H. The van der Waals surface area contributed by atoms with Crippen LogP contribution in [0.1, 0.15) is 104 Å². The van der Waals surface area contributed by atoms with E-state index in [9.17, 15) is 139 Å². The minimum atomic E-state index is -4.70. The molecule has 0 unspecified atom stereocenters. The molecule has 1 saturated heterocycles. The summed E-state index contributed by atoms with van der Waals surface area (Å²) in [6, 6.07) is 26.3. The van der Waals surface area contributed by atoms with E-state index in [1.54, 1.807) is 6.07 Å². The number of phenolic OH excluding ortho intramolecular Hbond substituents is 14. The second kappa shape index (κ2) is 43.2. The van der Waals surface area contributed by atoms with Crippen LogP contribution in [-0.4, -0.2) is 218 Å². The number of hydrogen-bond acceptors (Lipinski definition) is 32. The van der Waals surface area contributed by atoms with Gasteiger partial charge in [0, 0.05) is 88.3 Å². The third kappa shape index (κ3) is 25.2. The Labute approximate surface area is 696 Å². The number of benzene rings is 8. The zero-order chi connectivity index (χ0) is 87.2. The summed E-state index contributed by atoms with van der Waals surface area (Å²) in [6.45, 7) is 6.46. The van der Waals surface area contributed by atoms with Gasteiger partial charge in [0.2, 0.25) is 0 Å². The molecule has 1 aliphatic heterocycles. The quantitative estimate of drug-likeness (QED) is 0.0130. The van der Waals surface area contributed by atoms with Crippen molar-refractivity contribution in [3.8, 4) is 80.5 Å². The molecule has 0 saturated carbocycles. The van der Waals surface area contributed by atoms with Crippen molar-refractivity contribution in [3.63, 3.8) is 0 Å². The third-order valence-corrected chi connectivity index (χ3v) is 34.7. The molecule has 0 aromatic heterocycles. The summed E-state index contributed by atoms with van der Waals surface area (Å²) < 4.78 is 216. The van der Waals surface area contributed by atoms with Crippen molar-refractivity contribution >= 4 is 97.2 Å². The SMILES string of the molecule is Br.CCCCCCCCN(S(=O)(=O)c1ccccc1)S(=O)(=O)c1ccc(O)c(O)c1.CCCCCCN(S(=O)(=O)c1ccc(O)c(O)c1)S(=O)(=O)c1ccc(O)c(O)c1.CCCCCN(S(=O)(=O)c1ccc(O)c(O)c1)S(=O)(=O)c1ccc(O)c(O)c1.O=S(=O)(c1ccc(O)c(O)c1)N(CCN1CCOCC1)S(=O)(=O)c1ccc(O)c(O)c1. The van der Waals surface area contributed by atoms with Gasteiger partial charge in [-0.2, -0.15) is 0 Å². The first-order chi connectivity index (χ1) is 54.8. The van der Waals surface area contributed by atoms with Crippen molar-refractivity contribution in [3.05, 3.63) is 158 Å². The molecule has 8 aromatic rings. The van der Waals surface area contributed by atoms with Gasteiger partial charge in [-0.05, 0) is 116 Å². The number of morpholine rings is 1. The van der Waals surface area contributed by atoms with Crippen LogP contribution >= 0.6 is 17.0 Å². The number of nitrogens with zero attached hydrogens (tertiary/aromatic N) is 5. The Hall–Kier alpha value is -9.20. The molecule has 0 atom stereocenters. The molecule has 8 aromatic carbocycles. The molecule has 1 heterocycles. The van der Waals surface area contributed by atoms with E-state index in [1.807, 2.05) is 18.7 Å². The minimum Gasteiger partial charge on any atom is -0.504 e. The summed E-state index contributed by atoms with van der Waals surface area (Å²) in [5, 5.41) is 134. The third-order valence-electron chi connectivity index (χ3n) is 17.4. The van der Waals surface area contributed by atoms with Gasteiger partial charge in [0.25, 0.3) is 80.2 Å². The molecule has 0 aliphatic carbocycles. The summed E-state index contributed by atoms with van der Waals surface area (Å²) in [4.78, 5) is -1.87. The molecular weight excluding hydrogens is 1780 g/mol. The maximum atomic E-state index is 13.2. The smallest absolute Gasteiger partial charge is 0.256 e. The zero-order valence-corrected chi connectivity index (χ0v) is 71.9.